The molecular formula is C11H23F3N2. The van der Waals surface area contributed by atoms with E-state index in [0.717, 1.165) is 6.42 Å². The second-order valence-corrected chi connectivity index (χ2v) is 4.74. The van der Waals surface area contributed by atoms with Gasteiger partial charge in [0.1, 0.15) is 0 Å². The molecule has 0 radical (unpaired) electrons. The maximum atomic E-state index is 12.3. The Labute approximate surface area is 96.0 Å². The Hall–Kier alpha value is -0.290. The predicted molar refractivity (Wildman–Crippen MR) is 60.2 cm³/mol. The monoisotopic (exact) mass is 240 g/mol. The molecule has 0 aliphatic rings. The lowest BCUT2D eigenvalue weighted by molar-refractivity contribution is -0.146. The minimum atomic E-state index is -4.13. The van der Waals surface area contributed by atoms with Gasteiger partial charge in [-0.1, -0.05) is 20.8 Å². The average molecular weight is 240 g/mol. The molecule has 98 valence electrons. The van der Waals surface area contributed by atoms with Gasteiger partial charge in [-0.3, -0.25) is 4.90 Å². The number of nitrogens with zero attached hydrogens (tertiary/aromatic N) is 1. The zero-order valence-electron chi connectivity index (χ0n) is 10.3. The third-order valence-corrected chi connectivity index (χ3v) is 2.21. The van der Waals surface area contributed by atoms with Gasteiger partial charge in [0.15, 0.2) is 0 Å². The van der Waals surface area contributed by atoms with Crippen LogP contribution in [-0.4, -0.2) is 36.8 Å². The second-order valence-electron chi connectivity index (χ2n) is 4.74. The summed E-state index contributed by atoms with van der Waals surface area (Å²) in [5, 5.41) is 0. The third kappa shape index (κ3) is 8.97. The number of nitrogens with two attached hydrogens (primary N) is 1. The molecule has 0 heterocycles. The summed E-state index contributed by atoms with van der Waals surface area (Å²) in [5.41, 5.74) is 5.82. The van der Waals surface area contributed by atoms with E-state index >= 15 is 0 Å². The summed E-state index contributed by atoms with van der Waals surface area (Å²) in [6, 6.07) is -0.172. The van der Waals surface area contributed by atoms with Crippen molar-refractivity contribution in [3.63, 3.8) is 0 Å². The molecule has 0 aromatic heterocycles. The van der Waals surface area contributed by atoms with E-state index in [-0.39, 0.29) is 6.04 Å². The third-order valence-electron chi connectivity index (χ3n) is 2.21. The van der Waals surface area contributed by atoms with Gasteiger partial charge in [-0.15, -0.1) is 0 Å². The Morgan fingerprint density at radius 2 is 1.81 bits per heavy atom. The van der Waals surface area contributed by atoms with Gasteiger partial charge in [-0.2, -0.15) is 13.2 Å². The highest BCUT2D eigenvalue weighted by Crippen LogP contribution is 2.17. The van der Waals surface area contributed by atoms with Gasteiger partial charge in [0.2, 0.25) is 0 Å². The van der Waals surface area contributed by atoms with Gasteiger partial charge in [0, 0.05) is 12.6 Å². The van der Waals surface area contributed by atoms with Crippen LogP contribution in [0.3, 0.4) is 0 Å². The van der Waals surface area contributed by atoms with E-state index in [1.807, 2.05) is 20.8 Å². The number of hydrogen-bond donors (Lipinski definition) is 1. The first-order valence-corrected chi connectivity index (χ1v) is 5.79. The quantitative estimate of drug-likeness (QED) is 0.741. The minimum Gasteiger partial charge on any atom is -0.327 e. The van der Waals surface area contributed by atoms with Crippen LogP contribution in [-0.2, 0) is 0 Å². The maximum absolute atomic E-state index is 12.3. The van der Waals surface area contributed by atoms with E-state index in [1.165, 1.54) is 4.90 Å². The first-order chi connectivity index (χ1) is 7.24. The highest BCUT2D eigenvalue weighted by atomic mass is 19.4. The summed E-state index contributed by atoms with van der Waals surface area (Å²) in [6.07, 6.45) is -2.66. The molecule has 0 aliphatic heterocycles. The standard InChI is InChI=1S/C11H23F3N2/c1-4-5-16(8-11(12,13)14)7-10(15)6-9(2)3/h9-10H,4-8,15H2,1-3H3. The number of rotatable bonds is 7. The molecule has 0 aromatic carbocycles. The SMILES string of the molecule is CCCN(CC(N)CC(C)C)CC(F)(F)F. The largest absolute Gasteiger partial charge is 0.401 e. The Bertz CT molecular complexity index is 181. The molecule has 0 amide bonds. The van der Waals surface area contributed by atoms with Crippen LogP contribution in [0.15, 0.2) is 0 Å². The summed E-state index contributed by atoms with van der Waals surface area (Å²) < 4.78 is 36.8. The van der Waals surface area contributed by atoms with E-state index in [2.05, 4.69) is 0 Å². The summed E-state index contributed by atoms with van der Waals surface area (Å²) in [6.45, 7) is 5.84. The Balaban J connectivity index is 4.11. The predicted octanol–water partition coefficient (Wildman–Crippen LogP) is 2.63. The maximum Gasteiger partial charge on any atom is 0.401 e. The normalized spacial score (nSPS) is 14.8. The van der Waals surface area contributed by atoms with E-state index in [1.54, 1.807) is 0 Å². The van der Waals surface area contributed by atoms with Gasteiger partial charge >= 0.3 is 6.18 Å². The van der Waals surface area contributed by atoms with Crippen LogP contribution in [0.2, 0.25) is 0 Å². The van der Waals surface area contributed by atoms with Crippen LogP contribution >= 0.6 is 0 Å². The fourth-order valence-corrected chi connectivity index (χ4v) is 1.82. The molecule has 16 heavy (non-hydrogen) atoms. The van der Waals surface area contributed by atoms with Gasteiger partial charge in [-0.05, 0) is 25.3 Å². The van der Waals surface area contributed by atoms with Gasteiger partial charge < -0.3 is 5.73 Å². The molecule has 1 atom stereocenters. The smallest absolute Gasteiger partial charge is 0.327 e. The molecule has 0 aromatic rings. The highest BCUT2D eigenvalue weighted by Gasteiger charge is 2.30. The van der Waals surface area contributed by atoms with Crippen LogP contribution in [0.5, 0.6) is 0 Å². The van der Waals surface area contributed by atoms with E-state index < -0.39 is 12.7 Å². The zero-order chi connectivity index (χ0) is 12.8. The van der Waals surface area contributed by atoms with E-state index in [4.69, 9.17) is 5.73 Å². The van der Waals surface area contributed by atoms with E-state index in [9.17, 15) is 13.2 Å². The van der Waals surface area contributed by atoms with E-state index in [0.29, 0.717) is 25.4 Å². The lowest BCUT2D eigenvalue weighted by atomic mass is 10.0. The van der Waals surface area contributed by atoms with Crippen molar-refractivity contribution in [2.24, 2.45) is 11.7 Å². The first-order valence-electron chi connectivity index (χ1n) is 5.79. The molecule has 2 N–H and O–H groups in total. The van der Waals surface area contributed by atoms with Gasteiger partial charge in [0.05, 0.1) is 6.54 Å². The summed E-state index contributed by atoms with van der Waals surface area (Å²) in [4.78, 5) is 1.40. The Kier molecular flexibility index (Phi) is 6.99. The van der Waals surface area contributed by atoms with Crippen LogP contribution in [0, 0.1) is 5.92 Å². The molecule has 0 spiro atoms. The molecule has 0 rings (SSSR count). The van der Waals surface area contributed by atoms with Crippen molar-refractivity contribution in [1.82, 2.24) is 4.90 Å². The lowest BCUT2D eigenvalue weighted by Crippen LogP contribution is -2.43. The Morgan fingerprint density at radius 3 is 2.19 bits per heavy atom. The van der Waals surface area contributed by atoms with Crippen LogP contribution < -0.4 is 5.73 Å². The molecule has 0 fully saturated rings. The van der Waals surface area contributed by atoms with Crippen molar-refractivity contribution in [1.29, 1.82) is 0 Å². The molecule has 5 heteroatoms. The minimum absolute atomic E-state index is 0.172. The molecule has 1 unspecified atom stereocenters. The average Bonchev–Trinajstić information content (AvgIpc) is 1.98. The number of halogens is 3. The van der Waals surface area contributed by atoms with Crippen LogP contribution in [0.4, 0.5) is 13.2 Å². The van der Waals surface area contributed by atoms with Crippen molar-refractivity contribution in [3.8, 4) is 0 Å². The number of hydrogen-bond acceptors (Lipinski definition) is 2. The van der Waals surface area contributed by atoms with Crippen molar-refractivity contribution < 1.29 is 13.2 Å². The van der Waals surface area contributed by atoms with Gasteiger partial charge in [0.25, 0.3) is 0 Å². The Morgan fingerprint density at radius 1 is 1.25 bits per heavy atom. The topological polar surface area (TPSA) is 29.3 Å². The molecule has 0 saturated carbocycles. The first kappa shape index (κ1) is 15.7. The second kappa shape index (κ2) is 7.12. The molecule has 0 aliphatic carbocycles. The highest BCUT2D eigenvalue weighted by molar-refractivity contribution is 4.71. The summed E-state index contributed by atoms with van der Waals surface area (Å²) in [7, 11) is 0. The lowest BCUT2D eigenvalue weighted by Gasteiger charge is -2.26. The number of alkyl halides is 3. The molecule has 0 bridgehead atoms. The zero-order valence-corrected chi connectivity index (χ0v) is 10.3. The van der Waals surface area contributed by atoms with Crippen molar-refractivity contribution in [3.05, 3.63) is 0 Å². The van der Waals surface area contributed by atoms with Crippen molar-refractivity contribution >= 4 is 0 Å². The van der Waals surface area contributed by atoms with Crippen LogP contribution in [0.25, 0.3) is 0 Å². The van der Waals surface area contributed by atoms with Crippen LogP contribution in [0.1, 0.15) is 33.6 Å². The summed E-state index contributed by atoms with van der Waals surface area (Å²) >= 11 is 0. The van der Waals surface area contributed by atoms with Crippen molar-refractivity contribution in [2.75, 3.05) is 19.6 Å². The molecular weight excluding hydrogens is 217 g/mol. The fraction of sp³-hybridized carbons (Fsp3) is 1.00. The van der Waals surface area contributed by atoms with Gasteiger partial charge in [-0.25, -0.2) is 0 Å². The molecule has 2 nitrogen and oxygen atoms in total. The molecule has 0 saturated heterocycles. The summed E-state index contributed by atoms with van der Waals surface area (Å²) in [5.74, 6) is 0.421. The van der Waals surface area contributed by atoms with Crippen molar-refractivity contribution in [2.45, 2.75) is 45.8 Å². The fourth-order valence-electron chi connectivity index (χ4n) is 1.82.